The Morgan fingerprint density at radius 2 is 1.88 bits per heavy atom. The number of piperazine rings is 1. The largest absolute Gasteiger partial charge is 0.496 e. The number of sulfonamides is 1. The molecule has 2 aromatic carbocycles. The third-order valence-electron chi connectivity index (χ3n) is 4.35. The zero-order valence-corrected chi connectivity index (χ0v) is 15.9. The van der Waals surface area contributed by atoms with E-state index in [1.165, 1.54) is 11.8 Å². The maximum atomic E-state index is 13.4. The Morgan fingerprint density at radius 3 is 2.64 bits per heavy atom. The lowest BCUT2D eigenvalue weighted by molar-refractivity contribution is 0.264. The summed E-state index contributed by atoms with van der Waals surface area (Å²) in [6.45, 7) is 1.61. The molecule has 1 aliphatic rings. The van der Waals surface area contributed by atoms with Crippen LogP contribution in [0.4, 0.5) is 0 Å². The summed E-state index contributed by atoms with van der Waals surface area (Å²) >= 11 is 1.44. The summed E-state index contributed by atoms with van der Waals surface area (Å²) in [7, 11) is -2.00. The number of benzene rings is 2. The lowest BCUT2D eigenvalue weighted by Crippen LogP contribution is -2.48. The molecule has 1 fully saturated rings. The molecule has 5 nitrogen and oxygen atoms in total. The quantitative estimate of drug-likeness (QED) is 0.811. The van der Waals surface area contributed by atoms with Crippen LogP contribution in [0.15, 0.2) is 58.3 Å². The van der Waals surface area contributed by atoms with Gasteiger partial charge < -0.3 is 10.1 Å². The van der Waals surface area contributed by atoms with Crippen LogP contribution in [0.5, 0.6) is 5.75 Å². The second-order valence-corrected chi connectivity index (χ2v) is 8.44. The minimum absolute atomic E-state index is 0.301. The molecule has 1 aliphatic heterocycles. The molecule has 0 aliphatic carbocycles. The molecule has 7 heteroatoms. The maximum absolute atomic E-state index is 13.4. The zero-order chi connectivity index (χ0) is 17.9. The van der Waals surface area contributed by atoms with Crippen LogP contribution in [0.1, 0.15) is 11.6 Å². The lowest BCUT2D eigenvalue weighted by atomic mass is 10.0. The van der Waals surface area contributed by atoms with Crippen molar-refractivity contribution in [3.05, 3.63) is 54.1 Å². The molecule has 0 saturated carbocycles. The van der Waals surface area contributed by atoms with Gasteiger partial charge in [-0.15, -0.1) is 11.8 Å². The fourth-order valence-corrected chi connectivity index (χ4v) is 5.87. The van der Waals surface area contributed by atoms with Gasteiger partial charge in [0.25, 0.3) is 0 Å². The van der Waals surface area contributed by atoms with Crippen molar-refractivity contribution in [1.29, 1.82) is 0 Å². The topological polar surface area (TPSA) is 58.6 Å². The summed E-state index contributed by atoms with van der Waals surface area (Å²) in [6, 6.07) is 14.5. The van der Waals surface area contributed by atoms with Gasteiger partial charge in [0, 0.05) is 30.1 Å². The normalized spacial score (nSPS) is 18.9. The van der Waals surface area contributed by atoms with Crippen molar-refractivity contribution in [1.82, 2.24) is 9.62 Å². The number of thioether (sulfide) groups is 1. The van der Waals surface area contributed by atoms with E-state index in [-0.39, 0.29) is 6.04 Å². The number of para-hydroxylation sites is 1. The first kappa shape index (κ1) is 18.3. The highest BCUT2D eigenvalue weighted by atomic mass is 32.2. The molecule has 1 heterocycles. The van der Waals surface area contributed by atoms with E-state index < -0.39 is 10.0 Å². The molecular weight excluding hydrogens is 356 g/mol. The van der Waals surface area contributed by atoms with Crippen LogP contribution in [0.3, 0.4) is 0 Å². The van der Waals surface area contributed by atoms with E-state index in [2.05, 4.69) is 5.32 Å². The first-order chi connectivity index (χ1) is 12.1. The third kappa shape index (κ3) is 3.55. The van der Waals surface area contributed by atoms with Crippen molar-refractivity contribution in [3.63, 3.8) is 0 Å². The summed E-state index contributed by atoms with van der Waals surface area (Å²) in [5, 5.41) is 3.30. The SMILES string of the molecule is COc1ccccc1C1CNCCN1S(=O)(=O)c1ccccc1SC. The van der Waals surface area contributed by atoms with Gasteiger partial charge in [0.05, 0.1) is 18.0 Å². The van der Waals surface area contributed by atoms with Gasteiger partial charge in [0.15, 0.2) is 0 Å². The summed E-state index contributed by atoms with van der Waals surface area (Å²) < 4.78 is 33.8. The van der Waals surface area contributed by atoms with Crippen molar-refractivity contribution >= 4 is 21.8 Å². The fourth-order valence-electron chi connectivity index (χ4n) is 3.14. The molecule has 1 N–H and O–H groups in total. The van der Waals surface area contributed by atoms with Crippen molar-refractivity contribution in [3.8, 4) is 5.75 Å². The number of hydrogen-bond donors (Lipinski definition) is 1. The number of hydrogen-bond acceptors (Lipinski definition) is 5. The van der Waals surface area contributed by atoms with E-state index >= 15 is 0 Å². The molecule has 0 amide bonds. The number of ether oxygens (including phenoxy) is 1. The second-order valence-electron chi connectivity index (χ2n) is 5.73. The Balaban J connectivity index is 2.06. The highest BCUT2D eigenvalue weighted by Crippen LogP contribution is 2.36. The van der Waals surface area contributed by atoms with Crippen LogP contribution in [0.2, 0.25) is 0 Å². The number of rotatable bonds is 5. The Kier molecular flexibility index (Phi) is 5.68. The van der Waals surface area contributed by atoms with Crippen LogP contribution < -0.4 is 10.1 Å². The molecule has 0 spiro atoms. The molecule has 25 heavy (non-hydrogen) atoms. The molecular formula is C18H22N2O3S2. The van der Waals surface area contributed by atoms with Gasteiger partial charge in [-0.2, -0.15) is 4.31 Å². The van der Waals surface area contributed by atoms with Crippen molar-refractivity contribution < 1.29 is 13.2 Å². The lowest BCUT2D eigenvalue weighted by Gasteiger charge is -2.36. The summed E-state index contributed by atoms with van der Waals surface area (Å²) in [5.41, 5.74) is 0.877. The van der Waals surface area contributed by atoms with Crippen LogP contribution in [-0.4, -0.2) is 45.7 Å². The van der Waals surface area contributed by atoms with E-state index in [0.29, 0.717) is 30.3 Å². The van der Waals surface area contributed by atoms with E-state index in [4.69, 9.17) is 4.74 Å². The molecule has 134 valence electrons. The fraction of sp³-hybridized carbons (Fsp3) is 0.333. The minimum atomic E-state index is -3.61. The number of nitrogens with zero attached hydrogens (tertiary/aromatic N) is 1. The predicted octanol–water partition coefficient (Wildman–Crippen LogP) is 2.75. The molecule has 0 bridgehead atoms. The smallest absolute Gasteiger partial charge is 0.244 e. The molecule has 1 atom stereocenters. The standard InChI is InChI=1S/C18H22N2O3S2/c1-23-16-8-4-3-7-14(16)15-13-19-11-12-20(15)25(21,22)18-10-6-5-9-17(18)24-2/h3-10,15,19H,11-13H2,1-2H3. The van der Waals surface area contributed by atoms with Crippen molar-refractivity contribution in [2.24, 2.45) is 0 Å². The first-order valence-electron chi connectivity index (χ1n) is 8.08. The van der Waals surface area contributed by atoms with Gasteiger partial charge in [0.2, 0.25) is 10.0 Å². The molecule has 2 aromatic rings. The van der Waals surface area contributed by atoms with Crippen LogP contribution >= 0.6 is 11.8 Å². The Labute approximate surface area is 153 Å². The average Bonchev–Trinajstić information content (AvgIpc) is 2.67. The predicted molar refractivity (Wildman–Crippen MR) is 101 cm³/mol. The summed E-state index contributed by atoms with van der Waals surface area (Å²) in [6.07, 6.45) is 1.89. The monoisotopic (exact) mass is 378 g/mol. The van der Waals surface area contributed by atoms with Gasteiger partial charge in [-0.3, -0.25) is 0 Å². The molecule has 1 saturated heterocycles. The molecule has 1 unspecified atom stereocenters. The molecule has 0 radical (unpaired) electrons. The van der Waals surface area contributed by atoms with Gasteiger partial charge >= 0.3 is 0 Å². The Hall–Kier alpha value is -1.54. The zero-order valence-electron chi connectivity index (χ0n) is 14.3. The maximum Gasteiger partial charge on any atom is 0.244 e. The minimum Gasteiger partial charge on any atom is -0.496 e. The Morgan fingerprint density at radius 1 is 1.16 bits per heavy atom. The Bertz CT molecular complexity index is 840. The highest BCUT2D eigenvalue weighted by Gasteiger charge is 2.36. The highest BCUT2D eigenvalue weighted by molar-refractivity contribution is 7.99. The third-order valence-corrected chi connectivity index (χ3v) is 7.24. The van der Waals surface area contributed by atoms with E-state index in [1.54, 1.807) is 23.5 Å². The van der Waals surface area contributed by atoms with Gasteiger partial charge in [-0.25, -0.2) is 8.42 Å². The number of nitrogens with one attached hydrogen (secondary N) is 1. The first-order valence-corrected chi connectivity index (χ1v) is 10.7. The van der Waals surface area contributed by atoms with E-state index in [1.807, 2.05) is 42.7 Å². The molecule has 0 aromatic heterocycles. The summed E-state index contributed by atoms with van der Waals surface area (Å²) in [4.78, 5) is 1.13. The van der Waals surface area contributed by atoms with Gasteiger partial charge in [0.1, 0.15) is 5.75 Å². The summed E-state index contributed by atoms with van der Waals surface area (Å²) in [5.74, 6) is 0.703. The van der Waals surface area contributed by atoms with Crippen LogP contribution in [-0.2, 0) is 10.0 Å². The van der Waals surface area contributed by atoms with Crippen LogP contribution in [0, 0.1) is 0 Å². The number of methoxy groups -OCH3 is 1. The van der Waals surface area contributed by atoms with E-state index in [0.717, 1.165) is 10.5 Å². The van der Waals surface area contributed by atoms with Crippen molar-refractivity contribution in [2.45, 2.75) is 15.8 Å². The van der Waals surface area contributed by atoms with Crippen molar-refractivity contribution in [2.75, 3.05) is 33.0 Å². The van der Waals surface area contributed by atoms with Gasteiger partial charge in [-0.05, 0) is 24.5 Å². The molecule has 3 rings (SSSR count). The van der Waals surface area contributed by atoms with E-state index in [9.17, 15) is 8.42 Å². The average molecular weight is 379 g/mol. The van der Waals surface area contributed by atoms with Crippen LogP contribution in [0.25, 0.3) is 0 Å². The van der Waals surface area contributed by atoms with Gasteiger partial charge in [-0.1, -0.05) is 30.3 Å². The second kappa shape index (κ2) is 7.78.